The summed E-state index contributed by atoms with van der Waals surface area (Å²) in [5, 5.41) is 10.3. The first-order valence-electron chi connectivity index (χ1n) is 12.4. The van der Waals surface area contributed by atoms with Crippen LogP contribution < -0.4 is 0 Å². The fraction of sp³-hybridized carbons (Fsp3) is 0.452. The second-order valence-corrected chi connectivity index (χ2v) is 11.1. The molecule has 5 rings (SSSR count). The van der Waals surface area contributed by atoms with Gasteiger partial charge in [-0.1, -0.05) is 92.7 Å². The quantitative estimate of drug-likeness (QED) is 0.494. The lowest BCUT2D eigenvalue weighted by Gasteiger charge is -2.52. The van der Waals surface area contributed by atoms with E-state index in [1.165, 1.54) is 16.7 Å². The lowest BCUT2D eigenvalue weighted by atomic mass is 9.51. The minimum Gasteiger partial charge on any atom is -0.198 e. The van der Waals surface area contributed by atoms with Crippen LogP contribution in [-0.2, 0) is 10.8 Å². The molecule has 3 aliphatic rings. The Labute approximate surface area is 193 Å². The molecule has 2 aromatic carbocycles. The van der Waals surface area contributed by atoms with Crippen molar-refractivity contribution >= 4 is 0 Å². The van der Waals surface area contributed by atoms with Crippen molar-refractivity contribution in [1.82, 2.24) is 0 Å². The van der Waals surface area contributed by atoms with Crippen molar-refractivity contribution in [3.63, 3.8) is 0 Å². The zero-order valence-electron chi connectivity index (χ0n) is 19.6. The van der Waals surface area contributed by atoms with Gasteiger partial charge in [0, 0.05) is 5.92 Å². The molecule has 0 heterocycles. The number of allylic oxidation sites excluding steroid dienone is 4. The van der Waals surface area contributed by atoms with Crippen molar-refractivity contribution in [1.29, 1.82) is 5.26 Å². The molecule has 3 aliphatic carbocycles. The largest absolute Gasteiger partial charge is 0.198 e. The standard InChI is InChI=1S/C31H35N/c1-24-18-29(2,26-12-6-3-7-13-26)22-30(27-14-8-4-9-15-27)19-25(21-32)20-31(24,23-30)28-16-10-5-11-17-28/h3,5-8,10-17,24-25H,4,9,18-20,22-23H2,1-2H3. The van der Waals surface area contributed by atoms with Crippen molar-refractivity contribution in [2.75, 3.05) is 0 Å². The highest BCUT2D eigenvalue weighted by atomic mass is 14.6. The van der Waals surface area contributed by atoms with Crippen LogP contribution in [0.25, 0.3) is 0 Å². The van der Waals surface area contributed by atoms with E-state index in [-0.39, 0.29) is 22.2 Å². The van der Waals surface area contributed by atoms with Gasteiger partial charge in [-0.2, -0.15) is 5.26 Å². The van der Waals surface area contributed by atoms with E-state index in [1.807, 2.05) is 0 Å². The lowest BCUT2D eigenvalue weighted by Crippen LogP contribution is -2.46. The summed E-state index contributed by atoms with van der Waals surface area (Å²) >= 11 is 0. The maximum atomic E-state index is 10.3. The zero-order chi connectivity index (χ0) is 22.2. The number of benzene rings is 2. The number of hydrogen-bond acceptors (Lipinski definition) is 1. The summed E-state index contributed by atoms with van der Waals surface area (Å²) in [4.78, 5) is 0. The molecule has 0 aliphatic heterocycles. The molecule has 2 aromatic rings. The molecule has 0 saturated heterocycles. The summed E-state index contributed by atoms with van der Waals surface area (Å²) in [6, 6.07) is 25.1. The minimum absolute atomic E-state index is 0.0403. The molecule has 0 radical (unpaired) electrons. The third-order valence-corrected chi connectivity index (χ3v) is 8.94. The van der Waals surface area contributed by atoms with Gasteiger partial charge in [0.05, 0.1) is 6.07 Å². The van der Waals surface area contributed by atoms with Crippen LogP contribution in [-0.4, -0.2) is 0 Å². The molecule has 164 valence electrons. The second kappa shape index (κ2) is 8.08. The fourth-order valence-electron chi connectivity index (χ4n) is 7.69. The first kappa shape index (κ1) is 21.3. The Bertz CT molecular complexity index is 1060. The Morgan fingerprint density at radius 1 is 0.844 bits per heavy atom. The zero-order valence-corrected chi connectivity index (χ0v) is 19.6. The second-order valence-electron chi connectivity index (χ2n) is 11.1. The van der Waals surface area contributed by atoms with E-state index in [0.29, 0.717) is 5.92 Å². The minimum atomic E-state index is 0.0403. The topological polar surface area (TPSA) is 23.8 Å². The molecule has 0 N–H and O–H groups in total. The molecule has 2 bridgehead atoms. The highest BCUT2D eigenvalue weighted by molar-refractivity contribution is 5.40. The average molecular weight is 422 g/mol. The predicted octanol–water partition coefficient (Wildman–Crippen LogP) is 7.90. The summed E-state index contributed by atoms with van der Waals surface area (Å²) in [6.07, 6.45) is 14.9. The highest BCUT2D eigenvalue weighted by Crippen LogP contribution is 2.65. The average Bonchev–Trinajstić information content (AvgIpc) is 2.92. The molecule has 2 fully saturated rings. The van der Waals surface area contributed by atoms with E-state index in [0.717, 1.165) is 44.9 Å². The van der Waals surface area contributed by atoms with Gasteiger partial charge in [0.25, 0.3) is 0 Å². The molecule has 0 amide bonds. The SMILES string of the molecule is CC1CC(C)(c2ccccc2)CC2(C3=CCCC=C3)CC(C#N)CC1(c1ccccc1)C2. The van der Waals surface area contributed by atoms with Gasteiger partial charge in [-0.05, 0) is 83.8 Å². The van der Waals surface area contributed by atoms with E-state index in [4.69, 9.17) is 0 Å². The molecular formula is C31H35N. The van der Waals surface area contributed by atoms with Crippen LogP contribution in [0.4, 0.5) is 0 Å². The molecule has 5 unspecified atom stereocenters. The number of fused-ring (bicyclic) bond motifs is 2. The molecule has 1 heteroatoms. The van der Waals surface area contributed by atoms with Gasteiger partial charge < -0.3 is 0 Å². The Morgan fingerprint density at radius 2 is 1.53 bits per heavy atom. The van der Waals surface area contributed by atoms with Gasteiger partial charge in [-0.15, -0.1) is 0 Å². The smallest absolute Gasteiger partial charge is 0.0656 e. The maximum Gasteiger partial charge on any atom is 0.0656 e. The van der Waals surface area contributed by atoms with Crippen molar-refractivity contribution in [2.24, 2.45) is 17.3 Å². The van der Waals surface area contributed by atoms with Crippen molar-refractivity contribution in [3.05, 3.63) is 95.6 Å². The number of rotatable bonds is 3. The van der Waals surface area contributed by atoms with Gasteiger partial charge in [-0.3, -0.25) is 0 Å². The highest BCUT2D eigenvalue weighted by Gasteiger charge is 2.58. The maximum absolute atomic E-state index is 10.3. The summed E-state index contributed by atoms with van der Waals surface area (Å²) in [6.45, 7) is 4.96. The number of nitrogens with zero attached hydrogens (tertiary/aromatic N) is 1. The lowest BCUT2D eigenvalue weighted by molar-refractivity contribution is 0.0935. The summed E-state index contributed by atoms with van der Waals surface area (Å²) in [5.74, 6) is 0.599. The van der Waals surface area contributed by atoms with Crippen molar-refractivity contribution < 1.29 is 0 Å². The first-order chi connectivity index (χ1) is 15.5. The van der Waals surface area contributed by atoms with Crippen LogP contribution in [0.2, 0.25) is 0 Å². The summed E-state index contributed by atoms with van der Waals surface area (Å²) < 4.78 is 0. The molecule has 5 atom stereocenters. The monoisotopic (exact) mass is 421 g/mol. The van der Waals surface area contributed by atoms with E-state index >= 15 is 0 Å². The van der Waals surface area contributed by atoms with Gasteiger partial charge in [0.2, 0.25) is 0 Å². The van der Waals surface area contributed by atoms with E-state index < -0.39 is 0 Å². The Balaban J connectivity index is 1.73. The first-order valence-corrected chi connectivity index (χ1v) is 12.4. The predicted molar refractivity (Wildman–Crippen MR) is 132 cm³/mol. The van der Waals surface area contributed by atoms with E-state index in [9.17, 15) is 5.26 Å². The van der Waals surface area contributed by atoms with Gasteiger partial charge in [-0.25, -0.2) is 0 Å². The summed E-state index contributed by atoms with van der Waals surface area (Å²) in [5.41, 5.74) is 4.57. The van der Waals surface area contributed by atoms with E-state index in [1.54, 1.807) is 0 Å². The molecular weight excluding hydrogens is 386 g/mol. The Kier molecular flexibility index (Phi) is 5.37. The van der Waals surface area contributed by atoms with Crippen molar-refractivity contribution in [3.8, 4) is 6.07 Å². The molecule has 1 nitrogen and oxygen atoms in total. The molecule has 0 spiro atoms. The summed E-state index contributed by atoms with van der Waals surface area (Å²) in [7, 11) is 0. The normalized spacial score (nSPS) is 36.6. The van der Waals surface area contributed by atoms with Gasteiger partial charge in [0.1, 0.15) is 0 Å². The van der Waals surface area contributed by atoms with E-state index in [2.05, 4.69) is 98.8 Å². The third-order valence-electron chi connectivity index (χ3n) is 8.94. The molecule has 0 aromatic heterocycles. The molecule has 2 saturated carbocycles. The van der Waals surface area contributed by atoms with Crippen LogP contribution in [0.15, 0.2) is 84.5 Å². The van der Waals surface area contributed by atoms with Crippen LogP contribution in [0, 0.1) is 28.6 Å². The van der Waals surface area contributed by atoms with Crippen molar-refractivity contribution in [2.45, 2.75) is 69.6 Å². The van der Waals surface area contributed by atoms with Crippen LogP contribution in [0.3, 0.4) is 0 Å². The van der Waals surface area contributed by atoms with Crippen LogP contribution in [0.5, 0.6) is 0 Å². The van der Waals surface area contributed by atoms with Crippen LogP contribution in [0.1, 0.15) is 69.9 Å². The molecule has 32 heavy (non-hydrogen) atoms. The Morgan fingerprint density at radius 3 is 2.16 bits per heavy atom. The van der Waals surface area contributed by atoms with Gasteiger partial charge in [0.15, 0.2) is 0 Å². The third kappa shape index (κ3) is 3.45. The number of nitriles is 1. The van der Waals surface area contributed by atoms with Gasteiger partial charge >= 0.3 is 0 Å². The number of hydrogen-bond donors (Lipinski definition) is 0. The Hall–Kier alpha value is -2.59. The van der Waals surface area contributed by atoms with Crippen LogP contribution >= 0.6 is 0 Å². The fourth-order valence-corrected chi connectivity index (χ4v) is 7.69.